The molecule has 4 heteroatoms. The maximum atomic E-state index is 13.3. The van der Waals surface area contributed by atoms with Crippen molar-refractivity contribution in [2.24, 2.45) is 0 Å². The third kappa shape index (κ3) is 2.25. The first-order chi connectivity index (χ1) is 9.67. The Bertz CT molecular complexity index is 744. The van der Waals surface area contributed by atoms with Crippen LogP contribution in [0.3, 0.4) is 0 Å². The maximum Gasteiger partial charge on any atom is 0.125 e. The number of anilines is 1. The van der Waals surface area contributed by atoms with Gasteiger partial charge in [0.05, 0.1) is 11.0 Å². The Morgan fingerprint density at radius 2 is 1.90 bits per heavy atom. The van der Waals surface area contributed by atoms with Crippen LogP contribution in [0.5, 0.6) is 0 Å². The summed E-state index contributed by atoms with van der Waals surface area (Å²) >= 11 is 0. The zero-order valence-corrected chi connectivity index (χ0v) is 11.3. The normalized spacial score (nSPS) is 11.1. The first-order valence-electron chi connectivity index (χ1n) is 6.66. The fourth-order valence-electron chi connectivity index (χ4n) is 2.46. The van der Waals surface area contributed by atoms with E-state index in [0.29, 0.717) is 11.9 Å². The number of hydrogen-bond donors (Lipinski definition) is 1. The largest absolute Gasteiger partial charge is 0.399 e. The van der Waals surface area contributed by atoms with Gasteiger partial charge in [0.1, 0.15) is 11.6 Å². The van der Waals surface area contributed by atoms with Gasteiger partial charge in [0, 0.05) is 24.7 Å². The van der Waals surface area contributed by atoms with Crippen molar-refractivity contribution < 1.29 is 4.39 Å². The topological polar surface area (TPSA) is 43.8 Å². The predicted molar refractivity (Wildman–Crippen MR) is 79.0 cm³/mol. The number of nitrogens with two attached hydrogens (primary N) is 1. The number of imidazole rings is 1. The summed E-state index contributed by atoms with van der Waals surface area (Å²) in [6.45, 7) is 2.88. The molecule has 0 fully saturated rings. The first-order valence-corrected chi connectivity index (χ1v) is 6.66. The minimum Gasteiger partial charge on any atom is -0.399 e. The van der Waals surface area contributed by atoms with Gasteiger partial charge < -0.3 is 10.3 Å². The number of benzene rings is 2. The molecule has 3 aromatic rings. The number of nitrogen functional groups attached to an aromatic ring is 1. The van der Waals surface area contributed by atoms with E-state index in [0.717, 1.165) is 29.1 Å². The van der Waals surface area contributed by atoms with Gasteiger partial charge in [-0.1, -0.05) is 12.1 Å². The third-order valence-electron chi connectivity index (χ3n) is 3.45. The van der Waals surface area contributed by atoms with Gasteiger partial charge in [-0.2, -0.15) is 0 Å². The van der Waals surface area contributed by atoms with Crippen molar-refractivity contribution in [3.8, 4) is 0 Å². The van der Waals surface area contributed by atoms with E-state index in [-0.39, 0.29) is 5.82 Å². The number of aromatic nitrogens is 2. The van der Waals surface area contributed by atoms with Crippen molar-refractivity contribution in [1.29, 1.82) is 0 Å². The monoisotopic (exact) mass is 269 g/mol. The Hall–Kier alpha value is -2.36. The summed E-state index contributed by atoms with van der Waals surface area (Å²) < 4.78 is 15.4. The van der Waals surface area contributed by atoms with Gasteiger partial charge in [0.15, 0.2) is 0 Å². The molecule has 1 aromatic heterocycles. The summed E-state index contributed by atoms with van der Waals surface area (Å²) in [4.78, 5) is 4.55. The molecule has 1 heterocycles. The lowest BCUT2D eigenvalue weighted by Gasteiger charge is -2.06. The summed E-state index contributed by atoms with van der Waals surface area (Å²) in [5.74, 6) is 0.690. The number of halogens is 1. The summed E-state index contributed by atoms with van der Waals surface area (Å²) in [5.41, 5.74) is 9.26. The fourth-order valence-corrected chi connectivity index (χ4v) is 2.46. The van der Waals surface area contributed by atoms with Crippen LogP contribution >= 0.6 is 0 Å². The van der Waals surface area contributed by atoms with E-state index >= 15 is 0 Å². The van der Waals surface area contributed by atoms with E-state index in [9.17, 15) is 4.39 Å². The molecule has 2 aromatic carbocycles. The number of nitrogens with zero attached hydrogens (tertiary/aromatic N) is 2. The minimum atomic E-state index is -0.253. The van der Waals surface area contributed by atoms with Crippen molar-refractivity contribution >= 4 is 16.7 Å². The van der Waals surface area contributed by atoms with Crippen LogP contribution < -0.4 is 5.73 Å². The van der Waals surface area contributed by atoms with Crippen LogP contribution in [0.4, 0.5) is 10.1 Å². The summed E-state index contributed by atoms with van der Waals surface area (Å²) in [5, 5.41) is 0. The SMILES string of the molecule is CCn1c(Cc2ccc(N)cc2)nc2cc(F)ccc21. The Morgan fingerprint density at radius 1 is 1.15 bits per heavy atom. The average Bonchev–Trinajstić information content (AvgIpc) is 2.77. The molecule has 0 aliphatic carbocycles. The highest BCUT2D eigenvalue weighted by atomic mass is 19.1. The number of aryl methyl sites for hydroxylation is 1. The first kappa shape index (κ1) is 12.7. The van der Waals surface area contributed by atoms with E-state index in [1.807, 2.05) is 24.3 Å². The molecule has 0 aliphatic heterocycles. The molecule has 3 nitrogen and oxygen atoms in total. The molecule has 0 amide bonds. The Kier molecular flexibility index (Phi) is 3.14. The van der Waals surface area contributed by atoms with Crippen LogP contribution in [-0.2, 0) is 13.0 Å². The predicted octanol–water partition coefficient (Wildman–Crippen LogP) is 3.37. The second kappa shape index (κ2) is 4.96. The third-order valence-corrected chi connectivity index (χ3v) is 3.45. The lowest BCUT2D eigenvalue weighted by Crippen LogP contribution is -2.02. The van der Waals surface area contributed by atoms with Gasteiger partial charge in [0.2, 0.25) is 0 Å². The average molecular weight is 269 g/mol. The molecule has 3 rings (SSSR count). The van der Waals surface area contributed by atoms with Crippen LogP contribution in [0.25, 0.3) is 11.0 Å². The zero-order chi connectivity index (χ0) is 14.1. The van der Waals surface area contributed by atoms with Crippen LogP contribution in [0.1, 0.15) is 18.3 Å². The number of hydrogen-bond acceptors (Lipinski definition) is 2. The highest BCUT2D eigenvalue weighted by Gasteiger charge is 2.10. The van der Waals surface area contributed by atoms with E-state index in [1.165, 1.54) is 12.1 Å². The highest BCUT2D eigenvalue weighted by Crippen LogP contribution is 2.20. The summed E-state index contributed by atoms with van der Waals surface area (Å²) in [6, 6.07) is 12.5. The minimum absolute atomic E-state index is 0.253. The highest BCUT2D eigenvalue weighted by molar-refractivity contribution is 5.76. The van der Waals surface area contributed by atoms with E-state index in [4.69, 9.17) is 5.73 Å². The zero-order valence-electron chi connectivity index (χ0n) is 11.3. The standard InChI is InChI=1S/C16H16FN3/c1-2-20-15-8-5-12(17)10-14(15)19-16(20)9-11-3-6-13(18)7-4-11/h3-8,10H,2,9,18H2,1H3. The lowest BCUT2D eigenvalue weighted by molar-refractivity contribution is 0.629. The number of rotatable bonds is 3. The van der Waals surface area contributed by atoms with Gasteiger partial charge in [-0.15, -0.1) is 0 Å². The molecular formula is C16H16FN3. The molecule has 0 aliphatic rings. The van der Waals surface area contributed by atoms with E-state index in [2.05, 4.69) is 16.5 Å². The van der Waals surface area contributed by atoms with Crippen molar-refractivity contribution in [3.63, 3.8) is 0 Å². The van der Waals surface area contributed by atoms with Crippen LogP contribution in [-0.4, -0.2) is 9.55 Å². The van der Waals surface area contributed by atoms with E-state index in [1.54, 1.807) is 6.07 Å². The van der Waals surface area contributed by atoms with Gasteiger partial charge in [0.25, 0.3) is 0 Å². The molecule has 0 atom stereocenters. The molecular weight excluding hydrogens is 253 g/mol. The quantitative estimate of drug-likeness (QED) is 0.741. The molecule has 0 saturated heterocycles. The van der Waals surface area contributed by atoms with Crippen molar-refractivity contribution in [2.75, 3.05) is 5.73 Å². The van der Waals surface area contributed by atoms with Crippen molar-refractivity contribution in [3.05, 3.63) is 59.7 Å². The smallest absolute Gasteiger partial charge is 0.125 e. The Labute approximate surface area is 116 Å². The summed E-state index contributed by atoms with van der Waals surface area (Å²) in [6.07, 6.45) is 0.713. The van der Waals surface area contributed by atoms with Crippen LogP contribution in [0, 0.1) is 5.82 Å². The molecule has 102 valence electrons. The second-order valence-corrected chi connectivity index (χ2v) is 4.82. The molecule has 0 spiro atoms. The Morgan fingerprint density at radius 3 is 2.60 bits per heavy atom. The van der Waals surface area contributed by atoms with E-state index < -0.39 is 0 Å². The van der Waals surface area contributed by atoms with Gasteiger partial charge in [-0.3, -0.25) is 0 Å². The fraction of sp³-hybridized carbons (Fsp3) is 0.188. The molecule has 0 unspecified atom stereocenters. The van der Waals surface area contributed by atoms with Gasteiger partial charge in [-0.05, 0) is 36.8 Å². The lowest BCUT2D eigenvalue weighted by atomic mass is 10.1. The molecule has 2 N–H and O–H groups in total. The Balaban J connectivity index is 2.04. The molecule has 0 bridgehead atoms. The van der Waals surface area contributed by atoms with Crippen LogP contribution in [0.2, 0.25) is 0 Å². The van der Waals surface area contributed by atoms with Crippen molar-refractivity contribution in [1.82, 2.24) is 9.55 Å². The molecule has 0 saturated carbocycles. The van der Waals surface area contributed by atoms with Crippen LogP contribution in [0.15, 0.2) is 42.5 Å². The van der Waals surface area contributed by atoms with Gasteiger partial charge >= 0.3 is 0 Å². The second-order valence-electron chi connectivity index (χ2n) is 4.82. The number of fused-ring (bicyclic) bond motifs is 1. The molecule has 0 radical (unpaired) electrons. The van der Waals surface area contributed by atoms with Crippen molar-refractivity contribution in [2.45, 2.75) is 19.9 Å². The maximum absolute atomic E-state index is 13.3. The summed E-state index contributed by atoms with van der Waals surface area (Å²) in [7, 11) is 0. The van der Waals surface area contributed by atoms with Gasteiger partial charge in [-0.25, -0.2) is 9.37 Å². The molecule has 20 heavy (non-hydrogen) atoms.